The third-order valence-corrected chi connectivity index (χ3v) is 5.01. The number of thioether (sulfide) groups is 1. The van der Waals surface area contributed by atoms with Crippen molar-refractivity contribution in [2.24, 2.45) is 5.84 Å². The number of imidazole rings is 1. The van der Waals surface area contributed by atoms with Gasteiger partial charge < -0.3 is 0 Å². The Bertz CT molecular complexity index is 696. The van der Waals surface area contributed by atoms with Gasteiger partial charge in [-0.15, -0.1) is 23.1 Å². The lowest BCUT2D eigenvalue weighted by molar-refractivity contribution is 0.570. The zero-order valence-electron chi connectivity index (χ0n) is 11.2. The lowest BCUT2D eigenvalue weighted by Crippen LogP contribution is -2.38. The predicted octanol–water partition coefficient (Wildman–Crippen LogP) is 2.70. The number of fused-ring (bicyclic) bond motifs is 1. The Morgan fingerprint density at radius 1 is 1.48 bits per heavy atom. The maximum absolute atomic E-state index is 13.1. The van der Waals surface area contributed by atoms with E-state index >= 15 is 0 Å². The average Bonchev–Trinajstić information content (AvgIpc) is 3.04. The quantitative estimate of drug-likeness (QED) is 0.416. The topological polar surface area (TPSA) is 55.3 Å². The summed E-state index contributed by atoms with van der Waals surface area (Å²) in [5, 5.41) is 2.00. The molecule has 0 aliphatic carbocycles. The number of nitrogens with zero attached hydrogens (tertiary/aromatic N) is 2. The van der Waals surface area contributed by atoms with Gasteiger partial charge in [0.25, 0.3) is 0 Å². The summed E-state index contributed by atoms with van der Waals surface area (Å²) in [6.45, 7) is 0. The number of nitrogens with two attached hydrogens (primary N) is 1. The first kappa shape index (κ1) is 14.5. The van der Waals surface area contributed by atoms with Crippen molar-refractivity contribution >= 4 is 28.1 Å². The second kappa shape index (κ2) is 6.57. The highest BCUT2D eigenvalue weighted by molar-refractivity contribution is 7.99. The maximum atomic E-state index is 13.1. The molecule has 0 fully saturated rings. The Hall–Kier alpha value is -1.41. The zero-order valence-corrected chi connectivity index (χ0v) is 12.8. The van der Waals surface area contributed by atoms with Crippen molar-refractivity contribution in [3.05, 3.63) is 53.6 Å². The molecule has 0 saturated carbocycles. The standard InChI is InChI=1S/C14H15FN4S2/c15-10-2-1-3-13(6-10)21-9-12(18-16)7-11-8-19-4-5-20-14(19)17-11/h1-6,8,12,18H,7,9,16H2. The van der Waals surface area contributed by atoms with Crippen LogP contribution in [-0.4, -0.2) is 21.2 Å². The molecule has 1 aromatic carbocycles. The first-order chi connectivity index (χ1) is 10.2. The summed E-state index contributed by atoms with van der Waals surface area (Å²) in [7, 11) is 0. The van der Waals surface area contributed by atoms with Crippen molar-refractivity contribution in [1.82, 2.24) is 14.8 Å². The molecule has 1 unspecified atom stereocenters. The number of halogens is 1. The van der Waals surface area contributed by atoms with Gasteiger partial charge in [-0.2, -0.15) is 0 Å². The Morgan fingerprint density at radius 2 is 2.38 bits per heavy atom. The molecule has 2 heterocycles. The fraction of sp³-hybridized carbons (Fsp3) is 0.214. The first-order valence-corrected chi connectivity index (χ1v) is 8.36. The van der Waals surface area contributed by atoms with E-state index in [-0.39, 0.29) is 11.9 Å². The van der Waals surface area contributed by atoms with E-state index in [0.29, 0.717) is 0 Å². The predicted molar refractivity (Wildman–Crippen MR) is 85.0 cm³/mol. The largest absolute Gasteiger partial charge is 0.297 e. The van der Waals surface area contributed by atoms with Crippen LogP contribution in [-0.2, 0) is 6.42 Å². The summed E-state index contributed by atoms with van der Waals surface area (Å²) in [5.41, 5.74) is 3.82. The molecule has 0 bridgehead atoms. The van der Waals surface area contributed by atoms with E-state index in [9.17, 15) is 4.39 Å². The van der Waals surface area contributed by atoms with E-state index < -0.39 is 0 Å². The van der Waals surface area contributed by atoms with Gasteiger partial charge in [0.2, 0.25) is 0 Å². The minimum atomic E-state index is -0.216. The molecule has 2 aromatic heterocycles. The number of rotatable bonds is 6. The number of hydrogen-bond acceptors (Lipinski definition) is 5. The number of nitrogens with one attached hydrogen (secondary N) is 1. The van der Waals surface area contributed by atoms with E-state index in [1.54, 1.807) is 29.2 Å². The van der Waals surface area contributed by atoms with Gasteiger partial charge in [-0.1, -0.05) is 6.07 Å². The van der Waals surface area contributed by atoms with Gasteiger partial charge in [0.15, 0.2) is 4.96 Å². The molecule has 110 valence electrons. The minimum Gasteiger partial charge on any atom is -0.297 e. The van der Waals surface area contributed by atoms with Crippen LogP contribution in [0.15, 0.2) is 46.9 Å². The summed E-state index contributed by atoms with van der Waals surface area (Å²) in [6, 6.07) is 6.67. The Kier molecular flexibility index (Phi) is 4.54. The molecule has 7 heteroatoms. The lowest BCUT2D eigenvalue weighted by Gasteiger charge is -2.14. The molecule has 0 radical (unpaired) electrons. The Morgan fingerprint density at radius 3 is 3.14 bits per heavy atom. The van der Waals surface area contributed by atoms with Crippen LogP contribution in [0, 0.1) is 5.82 Å². The summed E-state index contributed by atoms with van der Waals surface area (Å²) < 4.78 is 15.1. The van der Waals surface area contributed by atoms with Crippen LogP contribution >= 0.6 is 23.1 Å². The van der Waals surface area contributed by atoms with Crippen LogP contribution in [0.2, 0.25) is 0 Å². The summed E-state index contributed by atoms with van der Waals surface area (Å²) in [6.07, 6.45) is 4.75. The van der Waals surface area contributed by atoms with Gasteiger partial charge in [0, 0.05) is 40.9 Å². The van der Waals surface area contributed by atoms with Crippen LogP contribution < -0.4 is 11.3 Å². The van der Waals surface area contributed by atoms with Gasteiger partial charge in [-0.25, -0.2) is 9.37 Å². The second-order valence-corrected chi connectivity index (χ2v) is 6.63. The van der Waals surface area contributed by atoms with Crippen molar-refractivity contribution < 1.29 is 4.39 Å². The molecule has 0 spiro atoms. The van der Waals surface area contributed by atoms with Crippen molar-refractivity contribution in [1.29, 1.82) is 0 Å². The molecule has 0 aliphatic heterocycles. The molecule has 0 saturated heterocycles. The molecule has 3 rings (SSSR count). The summed E-state index contributed by atoms with van der Waals surface area (Å²) in [5.74, 6) is 6.15. The van der Waals surface area contributed by atoms with Gasteiger partial charge in [-0.05, 0) is 18.2 Å². The molecule has 21 heavy (non-hydrogen) atoms. The number of thiazole rings is 1. The first-order valence-electron chi connectivity index (χ1n) is 6.50. The summed E-state index contributed by atoms with van der Waals surface area (Å²) in [4.78, 5) is 6.43. The molecule has 0 amide bonds. The highest BCUT2D eigenvalue weighted by Gasteiger charge is 2.12. The number of benzene rings is 1. The molecule has 3 N–H and O–H groups in total. The van der Waals surface area contributed by atoms with E-state index in [0.717, 1.165) is 27.7 Å². The SMILES string of the molecule is NNC(CSc1cccc(F)c1)Cc1cn2ccsc2n1. The highest BCUT2D eigenvalue weighted by Crippen LogP contribution is 2.21. The van der Waals surface area contributed by atoms with Crippen LogP contribution in [0.5, 0.6) is 0 Å². The van der Waals surface area contributed by atoms with Gasteiger partial charge in [0.05, 0.1) is 5.69 Å². The number of hydrazine groups is 1. The Balaban J connectivity index is 1.61. The molecular weight excluding hydrogens is 307 g/mol. The third kappa shape index (κ3) is 3.62. The maximum Gasteiger partial charge on any atom is 0.193 e. The fourth-order valence-electron chi connectivity index (χ4n) is 2.05. The minimum absolute atomic E-state index is 0.0860. The van der Waals surface area contributed by atoms with Crippen LogP contribution in [0.3, 0.4) is 0 Å². The average molecular weight is 322 g/mol. The smallest absolute Gasteiger partial charge is 0.193 e. The van der Waals surface area contributed by atoms with Crippen LogP contribution in [0.4, 0.5) is 4.39 Å². The normalized spacial score (nSPS) is 12.9. The highest BCUT2D eigenvalue weighted by atomic mass is 32.2. The second-order valence-electron chi connectivity index (χ2n) is 4.66. The third-order valence-electron chi connectivity index (χ3n) is 3.08. The van der Waals surface area contributed by atoms with Crippen LogP contribution in [0.25, 0.3) is 4.96 Å². The fourth-order valence-corrected chi connectivity index (χ4v) is 3.74. The van der Waals surface area contributed by atoms with E-state index in [1.807, 2.05) is 28.2 Å². The molecule has 0 aliphatic rings. The molecule has 1 atom stereocenters. The molecular formula is C14H15FN4S2. The Labute approximate surface area is 130 Å². The van der Waals surface area contributed by atoms with Crippen LogP contribution in [0.1, 0.15) is 5.69 Å². The van der Waals surface area contributed by atoms with Gasteiger partial charge >= 0.3 is 0 Å². The zero-order chi connectivity index (χ0) is 14.7. The summed E-state index contributed by atoms with van der Waals surface area (Å²) >= 11 is 3.19. The van der Waals surface area contributed by atoms with Gasteiger partial charge in [-0.3, -0.25) is 15.7 Å². The van der Waals surface area contributed by atoms with Crippen molar-refractivity contribution in [2.45, 2.75) is 17.4 Å². The lowest BCUT2D eigenvalue weighted by atomic mass is 10.2. The van der Waals surface area contributed by atoms with E-state index in [4.69, 9.17) is 5.84 Å². The van der Waals surface area contributed by atoms with Crippen molar-refractivity contribution in [3.63, 3.8) is 0 Å². The van der Waals surface area contributed by atoms with E-state index in [2.05, 4.69) is 10.4 Å². The van der Waals surface area contributed by atoms with Crippen molar-refractivity contribution in [2.75, 3.05) is 5.75 Å². The molecule has 3 aromatic rings. The number of hydrogen-bond donors (Lipinski definition) is 2. The number of aromatic nitrogens is 2. The van der Waals surface area contributed by atoms with Gasteiger partial charge in [0.1, 0.15) is 5.82 Å². The van der Waals surface area contributed by atoms with E-state index in [1.165, 1.54) is 12.1 Å². The monoisotopic (exact) mass is 322 g/mol. The van der Waals surface area contributed by atoms with Crippen molar-refractivity contribution in [3.8, 4) is 0 Å². The molecule has 4 nitrogen and oxygen atoms in total.